The summed E-state index contributed by atoms with van der Waals surface area (Å²) in [4.78, 5) is 0. The van der Waals surface area contributed by atoms with E-state index in [9.17, 15) is 0 Å². The number of benzene rings is 1. The molecule has 1 aliphatic rings. The number of nitrogens with one attached hydrogen (secondary N) is 1. The molecule has 2 rings (SSSR count). The van der Waals surface area contributed by atoms with Crippen LogP contribution in [0.15, 0.2) is 24.3 Å². The van der Waals surface area contributed by atoms with Crippen LogP contribution in [0, 0.1) is 0 Å². The van der Waals surface area contributed by atoms with E-state index in [1.165, 1.54) is 17.7 Å². The quantitative estimate of drug-likeness (QED) is 0.851. The Hall–Kier alpha value is -1.06. The molecular weight excluding hydrogens is 214 g/mol. The Kier molecular flexibility index (Phi) is 4.83. The average Bonchev–Trinajstić information content (AvgIpc) is 2.39. The summed E-state index contributed by atoms with van der Waals surface area (Å²) < 4.78 is 10.7. The van der Waals surface area contributed by atoms with Crippen LogP contribution in [0.5, 0.6) is 0 Å². The van der Waals surface area contributed by atoms with Crippen LogP contribution in [0.25, 0.3) is 0 Å². The minimum atomic E-state index is 0.276. The maximum absolute atomic E-state index is 5.51. The van der Waals surface area contributed by atoms with Gasteiger partial charge in [0, 0.05) is 12.2 Å². The van der Waals surface area contributed by atoms with E-state index in [1.54, 1.807) is 0 Å². The van der Waals surface area contributed by atoms with E-state index in [2.05, 4.69) is 36.5 Å². The number of ether oxygens (including phenoxy) is 2. The van der Waals surface area contributed by atoms with Crippen LogP contribution in [-0.2, 0) is 15.9 Å². The largest absolute Gasteiger partial charge is 0.382 e. The van der Waals surface area contributed by atoms with Crippen molar-refractivity contribution in [3.8, 4) is 0 Å². The molecule has 0 spiro atoms. The predicted molar refractivity (Wildman–Crippen MR) is 69.2 cm³/mol. The first-order chi connectivity index (χ1) is 8.40. The fourth-order valence-electron chi connectivity index (χ4n) is 2.07. The van der Waals surface area contributed by atoms with Crippen LogP contribution in [0.1, 0.15) is 25.3 Å². The number of para-hydroxylation sites is 1. The molecule has 3 nitrogen and oxygen atoms in total. The normalized spacial score (nSPS) is 20.2. The van der Waals surface area contributed by atoms with Crippen molar-refractivity contribution < 1.29 is 9.47 Å². The van der Waals surface area contributed by atoms with Gasteiger partial charge in [0.2, 0.25) is 0 Å². The lowest BCUT2D eigenvalue weighted by Crippen LogP contribution is -2.30. The predicted octanol–water partition coefficient (Wildman–Crippen LogP) is 2.81. The molecule has 94 valence electrons. The second-order valence-corrected chi connectivity index (χ2v) is 4.39. The molecule has 0 amide bonds. The number of aryl methyl sites for hydroxylation is 1. The van der Waals surface area contributed by atoms with E-state index in [0.717, 1.165) is 26.0 Å². The van der Waals surface area contributed by atoms with Crippen LogP contribution >= 0.6 is 0 Å². The summed E-state index contributed by atoms with van der Waals surface area (Å²) in [5.41, 5.74) is 2.63. The third-order valence-corrected chi connectivity index (χ3v) is 3.03. The first-order valence-electron chi connectivity index (χ1n) is 6.41. The molecule has 1 saturated heterocycles. The van der Waals surface area contributed by atoms with Gasteiger partial charge in [-0.2, -0.15) is 0 Å². The van der Waals surface area contributed by atoms with Crippen molar-refractivity contribution in [2.45, 2.75) is 32.3 Å². The van der Waals surface area contributed by atoms with Crippen LogP contribution in [0.4, 0.5) is 5.69 Å². The minimum absolute atomic E-state index is 0.276. The highest BCUT2D eigenvalue weighted by Crippen LogP contribution is 2.17. The van der Waals surface area contributed by atoms with Crippen molar-refractivity contribution in [1.82, 2.24) is 0 Å². The fraction of sp³-hybridized carbons (Fsp3) is 0.571. The molecule has 1 atom stereocenters. The maximum atomic E-state index is 5.51. The van der Waals surface area contributed by atoms with Crippen molar-refractivity contribution in [2.75, 3.05) is 25.3 Å². The van der Waals surface area contributed by atoms with Crippen LogP contribution < -0.4 is 5.32 Å². The van der Waals surface area contributed by atoms with Gasteiger partial charge in [-0.1, -0.05) is 31.5 Å². The molecule has 0 aliphatic carbocycles. The van der Waals surface area contributed by atoms with Crippen molar-refractivity contribution >= 4 is 5.69 Å². The van der Waals surface area contributed by atoms with Gasteiger partial charge >= 0.3 is 0 Å². The number of anilines is 1. The Morgan fingerprint density at radius 1 is 1.35 bits per heavy atom. The van der Waals surface area contributed by atoms with Gasteiger partial charge in [-0.05, 0) is 24.5 Å². The van der Waals surface area contributed by atoms with E-state index in [-0.39, 0.29) is 6.10 Å². The molecule has 1 heterocycles. The molecule has 3 heteroatoms. The first kappa shape index (κ1) is 12.4. The molecule has 0 saturated carbocycles. The van der Waals surface area contributed by atoms with Crippen LogP contribution in [0.3, 0.4) is 0 Å². The topological polar surface area (TPSA) is 30.5 Å². The van der Waals surface area contributed by atoms with E-state index in [4.69, 9.17) is 9.47 Å². The second-order valence-electron chi connectivity index (χ2n) is 4.39. The van der Waals surface area contributed by atoms with Gasteiger partial charge in [0.05, 0.1) is 12.7 Å². The molecular formula is C14H21NO2. The Morgan fingerprint density at radius 2 is 2.24 bits per heavy atom. The third kappa shape index (κ3) is 3.72. The molecule has 1 aromatic rings. The minimum Gasteiger partial charge on any atom is -0.382 e. The van der Waals surface area contributed by atoms with Gasteiger partial charge in [-0.3, -0.25) is 0 Å². The van der Waals surface area contributed by atoms with Crippen LogP contribution in [0.2, 0.25) is 0 Å². The molecule has 1 aliphatic heterocycles. The van der Waals surface area contributed by atoms with Crippen molar-refractivity contribution in [2.24, 2.45) is 0 Å². The highest BCUT2D eigenvalue weighted by Gasteiger charge is 2.13. The van der Waals surface area contributed by atoms with Gasteiger partial charge in [-0.15, -0.1) is 0 Å². The van der Waals surface area contributed by atoms with E-state index in [0.29, 0.717) is 6.79 Å². The second kappa shape index (κ2) is 6.62. The lowest BCUT2D eigenvalue weighted by atomic mass is 10.1. The molecule has 1 N–H and O–H groups in total. The zero-order chi connectivity index (χ0) is 11.9. The zero-order valence-corrected chi connectivity index (χ0v) is 10.4. The SMILES string of the molecule is CCCc1ccccc1NCC1CCOCO1. The van der Waals surface area contributed by atoms with Gasteiger partial charge in [0.15, 0.2) is 0 Å². The zero-order valence-electron chi connectivity index (χ0n) is 10.4. The number of hydrogen-bond donors (Lipinski definition) is 1. The van der Waals surface area contributed by atoms with Gasteiger partial charge in [0.25, 0.3) is 0 Å². The van der Waals surface area contributed by atoms with Gasteiger partial charge in [-0.25, -0.2) is 0 Å². The van der Waals surface area contributed by atoms with Gasteiger partial charge in [0.1, 0.15) is 6.79 Å². The molecule has 0 bridgehead atoms. The summed E-state index contributed by atoms with van der Waals surface area (Å²) in [5, 5.41) is 3.49. The Balaban J connectivity index is 1.88. The average molecular weight is 235 g/mol. The van der Waals surface area contributed by atoms with Crippen molar-refractivity contribution in [3.05, 3.63) is 29.8 Å². The standard InChI is InChI=1S/C14H21NO2/c1-2-5-12-6-3-4-7-14(12)15-10-13-8-9-16-11-17-13/h3-4,6-7,13,15H,2,5,8-11H2,1H3. The fourth-order valence-corrected chi connectivity index (χ4v) is 2.07. The third-order valence-electron chi connectivity index (χ3n) is 3.03. The van der Waals surface area contributed by atoms with Gasteiger partial charge < -0.3 is 14.8 Å². The monoisotopic (exact) mass is 235 g/mol. The molecule has 1 aromatic carbocycles. The number of hydrogen-bond acceptors (Lipinski definition) is 3. The highest BCUT2D eigenvalue weighted by atomic mass is 16.7. The summed E-state index contributed by atoms with van der Waals surface area (Å²) >= 11 is 0. The van der Waals surface area contributed by atoms with E-state index >= 15 is 0 Å². The summed E-state index contributed by atoms with van der Waals surface area (Å²) in [5.74, 6) is 0. The molecule has 17 heavy (non-hydrogen) atoms. The van der Waals surface area contributed by atoms with Crippen molar-refractivity contribution in [1.29, 1.82) is 0 Å². The Morgan fingerprint density at radius 3 is 3.00 bits per heavy atom. The smallest absolute Gasteiger partial charge is 0.147 e. The molecule has 1 fully saturated rings. The summed E-state index contributed by atoms with van der Waals surface area (Å²) in [6.07, 6.45) is 3.55. The lowest BCUT2D eigenvalue weighted by molar-refractivity contribution is -0.133. The number of rotatable bonds is 5. The maximum Gasteiger partial charge on any atom is 0.147 e. The van der Waals surface area contributed by atoms with E-state index in [1.807, 2.05) is 0 Å². The molecule has 0 aromatic heterocycles. The van der Waals surface area contributed by atoms with Crippen LogP contribution in [-0.4, -0.2) is 26.0 Å². The summed E-state index contributed by atoms with van der Waals surface area (Å²) in [6, 6.07) is 8.51. The van der Waals surface area contributed by atoms with E-state index < -0.39 is 0 Å². The molecule has 0 radical (unpaired) electrons. The highest BCUT2D eigenvalue weighted by molar-refractivity contribution is 5.51. The first-order valence-corrected chi connectivity index (χ1v) is 6.41. The molecule has 1 unspecified atom stereocenters. The summed E-state index contributed by atoms with van der Waals surface area (Å²) in [7, 11) is 0. The Labute approximate surface area is 103 Å². The lowest BCUT2D eigenvalue weighted by Gasteiger charge is -2.24. The van der Waals surface area contributed by atoms with Crippen molar-refractivity contribution in [3.63, 3.8) is 0 Å². The Bertz CT molecular complexity index is 335. The summed E-state index contributed by atoms with van der Waals surface area (Å²) in [6.45, 7) is 4.31.